The topological polar surface area (TPSA) is 35.5 Å². The molecule has 0 aliphatic heterocycles. The van der Waals surface area contributed by atoms with E-state index in [4.69, 9.17) is 4.74 Å². The van der Waals surface area contributed by atoms with Crippen LogP contribution in [0.15, 0.2) is 0 Å². The zero-order chi connectivity index (χ0) is 9.56. The fourth-order valence-electron chi connectivity index (χ4n) is 0.715. The van der Waals surface area contributed by atoms with Crippen molar-refractivity contribution in [2.24, 2.45) is 5.92 Å². The summed E-state index contributed by atoms with van der Waals surface area (Å²) in [4.78, 5) is 10.8. The first-order chi connectivity index (χ1) is 5.57. The van der Waals surface area contributed by atoms with Crippen LogP contribution in [0.3, 0.4) is 0 Å². The van der Waals surface area contributed by atoms with Gasteiger partial charge in [0.15, 0.2) is 6.10 Å². The molecule has 0 rings (SSSR count). The van der Waals surface area contributed by atoms with Gasteiger partial charge in [0.1, 0.15) is 0 Å². The average Bonchev–Trinajstić information content (AvgIpc) is 2.02. The number of carbonyl (C=O) groups is 1. The lowest BCUT2D eigenvalue weighted by molar-refractivity contribution is -0.153. The Bertz CT molecular complexity index is 132. The molecule has 0 radical (unpaired) electrons. The second-order valence-corrected chi connectivity index (χ2v) is 3.22. The zero-order valence-electron chi connectivity index (χ0n) is 8.29. The van der Waals surface area contributed by atoms with E-state index in [1.54, 1.807) is 6.92 Å². The average molecular weight is 174 g/mol. The highest BCUT2D eigenvalue weighted by atomic mass is 16.6. The molecular formula is C9H18O3. The van der Waals surface area contributed by atoms with Crippen LogP contribution in [0.2, 0.25) is 0 Å². The van der Waals surface area contributed by atoms with E-state index in [-0.39, 0.29) is 5.97 Å². The molecule has 0 aromatic rings. The van der Waals surface area contributed by atoms with Crippen molar-refractivity contribution in [3.63, 3.8) is 0 Å². The Morgan fingerprint density at radius 1 is 1.33 bits per heavy atom. The van der Waals surface area contributed by atoms with E-state index >= 15 is 0 Å². The van der Waals surface area contributed by atoms with Crippen molar-refractivity contribution in [2.45, 2.75) is 33.3 Å². The Morgan fingerprint density at radius 3 is 2.33 bits per heavy atom. The molecule has 0 aliphatic rings. The Labute approximate surface area is 74.0 Å². The Hall–Kier alpha value is -0.570. The second-order valence-electron chi connectivity index (χ2n) is 3.22. The lowest BCUT2D eigenvalue weighted by Gasteiger charge is -2.11. The monoisotopic (exact) mass is 174 g/mol. The summed E-state index contributed by atoms with van der Waals surface area (Å²) in [5.74, 6) is 0.300. The van der Waals surface area contributed by atoms with Crippen molar-refractivity contribution in [3.8, 4) is 0 Å². The summed E-state index contributed by atoms with van der Waals surface area (Å²) in [5, 5.41) is 0. The van der Waals surface area contributed by atoms with Gasteiger partial charge >= 0.3 is 5.97 Å². The van der Waals surface area contributed by atoms with Gasteiger partial charge in [0, 0.05) is 6.61 Å². The molecular weight excluding hydrogens is 156 g/mol. The van der Waals surface area contributed by atoms with Crippen LogP contribution in [0.1, 0.15) is 27.2 Å². The van der Waals surface area contributed by atoms with Gasteiger partial charge in [-0.25, -0.2) is 4.79 Å². The van der Waals surface area contributed by atoms with Crippen molar-refractivity contribution in [3.05, 3.63) is 0 Å². The van der Waals surface area contributed by atoms with Gasteiger partial charge in [-0.05, 0) is 19.3 Å². The predicted octanol–water partition coefficient (Wildman–Crippen LogP) is 1.61. The van der Waals surface area contributed by atoms with Crippen molar-refractivity contribution < 1.29 is 14.3 Å². The molecule has 0 bridgehead atoms. The van der Waals surface area contributed by atoms with Crippen LogP contribution in [0.25, 0.3) is 0 Å². The third-order valence-electron chi connectivity index (χ3n) is 1.60. The second kappa shape index (κ2) is 6.00. The van der Waals surface area contributed by atoms with Gasteiger partial charge in [0.25, 0.3) is 0 Å². The molecule has 0 aromatic heterocycles. The maximum absolute atomic E-state index is 10.8. The van der Waals surface area contributed by atoms with Crippen LogP contribution in [-0.2, 0) is 14.3 Å². The van der Waals surface area contributed by atoms with Crippen molar-refractivity contribution >= 4 is 5.97 Å². The molecule has 1 atom stereocenters. The summed E-state index contributed by atoms with van der Waals surface area (Å²) in [6.45, 7) is 6.55. The molecule has 0 aromatic carbocycles. The highest BCUT2D eigenvalue weighted by Gasteiger charge is 2.12. The molecule has 72 valence electrons. The molecule has 3 nitrogen and oxygen atoms in total. The van der Waals surface area contributed by atoms with Crippen LogP contribution >= 0.6 is 0 Å². The summed E-state index contributed by atoms with van der Waals surface area (Å²) < 4.78 is 9.74. The highest BCUT2D eigenvalue weighted by molar-refractivity contribution is 5.73. The number of hydrogen-bond donors (Lipinski definition) is 0. The number of methoxy groups -OCH3 is 1. The van der Waals surface area contributed by atoms with Crippen molar-refractivity contribution in [1.29, 1.82) is 0 Å². The molecule has 0 aliphatic carbocycles. The molecule has 3 heteroatoms. The fraction of sp³-hybridized carbons (Fsp3) is 0.889. The van der Waals surface area contributed by atoms with Crippen LogP contribution in [0.4, 0.5) is 0 Å². The molecule has 0 heterocycles. The quantitative estimate of drug-likeness (QED) is 0.594. The Kier molecular flexibility index (Phi) is 5.72. The molecule has 12 heavy (non-hydrogen) atoms. The van der Waals surface area contributed by atoms with Gasteiger partial charge < -0.3 is 9.47 Å². The normalized spacial score (nSPS) is 13.1. The molecule has 0 amide bonds. The van der Waals surface area contributed by atoms with Gasteiger partial charge in [0.05, 0.1) is 7.11 Å². The van der Waals surface area contributed by atoms with Crippen LogP contribution in [0, 0.1) is 5.92 Å². The lowest BCUT2D eigenvalue weighted by Crippen LogP contribution is -2.22. The van der Waals surface area contributed by atoms with E-state index in [9.17, 15) is 4.79 Å². The number of esters is 1. The summed E-state index contributed by atoms with van der Waals surface area (Å²) >= 11 is 0. The van der Waals surface area contributed by atoms with Gasteiger partial charge in [-0.15, -0.1) is 0 Å². The maximum Gasteiger partial charge on any atom is 0.334 e. The van der Waals surface area contributed by atoms with Crippen LogP contribution < -0.4 is 0 Å². The molecule has 0 saturated carbocycles. The third-order valence-corrected chi connectivity index (χ3v) is 1.60. The van der Waals surface area contributed by atoms with Crippen LogP contribution in [0.5, 0.6) is 0 Å². The summed E-state index contributed by atoms with van der Waals surface area (Å²) in [7, 11) is 1.37. The third kappa shape index (κ3) is 5.13. The minimum absolute atomic E-state index is 0.307. The van der Waals surface area contributed by atoms with E-state index in [1.165, 1.54) is 7.11 Å². The SMILES string of the molecule is COC(=O)[C@H](C)OCCC(C)C. The van der Waals surface area contributed by atoms with E-state index in [0.717, 1.165) is 6.42 Å². The predicted molar refractivity (Wildman–Crippen MR) is 46.9 cm³/mol. The van der Waals surface area contributed by atoms with Crippen molar-refractivity contribution in [1.82, 2.24) is 0 Å². The molecule has 0 unspecified atom stereocenters. The largest absolute Gasteiger partial charge is 0.467 e. The van der Waals surface area contributed by atoms with Gasteiger partial charge in [-0.2, -0.15) is 0 Å². The van der Waals surface area contributed by atoms with E-state index in [0.29, 0.717) is 12.5 Å². The minimum atomic E-state index is -0.436. The van der Waals surface area contributed by atoms with E-state index < -0.39 is 6.10 Å². The number of ether oxygens (including phenoxy) is 2. The first-order valence-corrected chi connectivity index (χ1v) is 4.27. The summed E-state index contributed by atoms with van der Waals surface area (Å²) in [6, 6.07) is 0. The lowest BCUT2D eigenvalue weighted by atomic mass is 10.1. The first-order valence-electron chi connectivity index (χ1n) is 4.27. The molecule has 0 N–H and O–H groups in total. The number of carbonyl (C=O) groups excluding carboxylic acids is 1. The van der Waals surface area contributed by atoms with Crippen LogP contribution in [-0.4, -0.2) is 25.8 Å². The maximum atomic E-state index is 10.8. The van der Waals surface area contributed by atoms with Gasteiger partial charge in [0.2, 0.25) is 0 Å². The molecule has 0 spiro atoms. The summed E-state index contributed by atoms with van der Waals surface area (Å²) in [5.41, 5.74) is 0. The first kappa shape index (κ1) is 11.4. The Balaban J connectivity index is 3.43. The van der Waals surface area contributed by atoms with E-state index in [1.807, 2.05) is 0 Å². The van der Waals surface area contributed by atoms with E-state index in [2.05, 4.69) is 18.6 Å². The number of rotatable bonds is 5. The zero-order valence-corrected chi connectivity index (χ0v) is 8.29. The smallest absolute Gasteiger partial charge is 0.334 e. The van der Waals surface area contributed by atoms with Gasteiger partial charge in [-0.3, -0.25) is 0 Å². The highest BCUT2D eigenvalue weighted by Crippen LogP contribution is 2.01. The fourth-order valence-corrected chi connectivity index (χ4v) is 0.715. The summed E-state index contributed by atoms with van der Waals surface area (Å²) in [6.07, 6.45) is 0.537. The van der Waals surface area contributed by atoms with Crippen molar-refractivity contribution in [2.75, 3.05) is 13.7 Å². The standard InChI is InChI=1S/C9H18O3/c1-7(2)5-6-12-8(3)9(10)11-4/h7-8H,5-6H2,1-4H3/t8-/m0/s1. The number of hydrogen-bond acceptors (Lipinski definition) is 3. The molecule has 0 fully saturated rings. The minimum Gasteiger partial charge on any atom is -0.467 e. The van der Waals surface area contributed by atoms with Gasteiger partial charge in [-0.1, -0.05) is 13.8 Å². The molecule has 0 saturated heterocycles. The Morgan fingerprint density at radius 2 is 1.92 bits per heavy atom.